The zero-order chi connectivity index (χ0) is 11.4. The minimum Gasteiger partial charge on any atom is -0.396 e. The number of ether oxygens (including phenoxy) is 1. The first-order chi connectivity index (χ1) is 7.27. The Morgan fingerprint density at radius 1 is 1.07 bits per heavy atom. The maximum atomic E-state index is 8.58. The van der Waals surface area contributed by atoms with Gasteiger partial charge in [-0.05, 0) is 25.3 Å². The zero-order valence-corrected chi connectivity index (χ0v) is 10.3. The second kappa shape index (κ2) is 12.0. The van der Waals surface area contributed by atoms with Crippen LogP contribution in [0.25, 0.3) is 0 Å². The Kier molecular flexibility index (Phi) is 11.9. The molecule has 3 heteroatoms. The molecular weight excluding hydrogens is 190 g/mol. The fourth-order valence-electron chi connectivity index (χ4n) is 1.30. The third kappa shape index (κ3) is 13.9. The number of hydrogen-bond donors (Lipinski definition) is 2. The lowest BCUT2D eigenvalue weighted by Gasteiger charge is -2.07. The Bertz CT molecular complexity index is 118. The van der Waals surface area contributed by atoms with Crippen molar-refractivity contribution in [1.82, 2.24) is 5.32 Å². The van der Waals surface area contributed by atoms with Crippen LogP contribution in [0.1, 0.15) is 39.5 Å². The number of aliphatic hydroxyl groups excluding tert-OH is 1. The van der Waals surface area contributed by atoms with Crippen LogP contribution in [-0.2, 0) is 4.74 Å². The Balaban J connectivity index is 2.87. The van der Waals surface area contributed by atoms with E-state index in [0.717, 1.165) is 39.1 Å². The van der Waals surface area contributed by atoms with Gasteiger partial charge in [-0.1, -0.05) is 26.7 Å². The van der Waals surface area contributed by atoms with E-state index in [9.17, 15) is 0 Å². The summed E-state index contributed by atoms with van der Waals surface area (Å²) in [5.41, 5.74) is 0. The largest absolute Gasteiger partial charge is 0.396 e. The lowest BCUT2D eigenvalue weighted by atomic mass is 10.2. The van der Waals surface area contributed by atoms with Crippen molar-refractivity contribution < 1.29 is 9.84 Å². The average molecular weight is 217 g/mol. The van der Waals surface area contributed by atoms with E-state index in [1.807, 2.05) is 0 Å². The molecule has 0 fully saturated rings. The van der Waals surface area contributed by atoms with Gasteiger partial charge in [0.1, 0.15) is 0 Å². The molecule has 2 N–H and O–H groups in total. The molecule has 0 unspecified atom stereocenters. The van der Waals surface area contributed by atoms with Crippen molar-refractivity contribution in [3.8, 4) is 0 Å². The highest BCUT2D eigenvalue weighted by Gasteiger charge is 1.93. The zero-order valence-electron chi connectivity index (χ0n) is 10.3. The Labute approximate surface area is 94.2 Å². The summed E-state index contributed by atoms with van der Waals surface area (Å²) >= 11 is 0. The van der Waals surface area contributed by atoms with E-state index in [4.69, 9.17) is 9.84 Å². The summed E-state index contributed by atoms with van der Waals surface area (Å²) in [6, 6.07) is 0. The van der Waals surface area contributed by atoms with Crippen molar-refractivity contribution in [3.63, 3.8) is 0 Å². The van der Waals surface area contributed by atoms with E-state index in [0.29, 0.717) is 12.5 Å². The molecule has 0 aromatic carbocycles. The van der Waals surface area contributed by atoms with Crippen LogP contribution in [0.15, 0.2) is 0 Å². The van der Waals surface area contributed by atoms with Crippen molar-refractivity contribution in [3.05, 3.63) is 0 Å². The van der Waals surface area contributed by atoms with Crippen molar-refractivity contribution in [2.45, 2.75) is 39.5 Å². The SMILES string of the molecule is CC(C)COCCNCCCCCCO. The Morgan fingerprint density at radius 2 is 1.80 bits per heavy atom. The van der Waals surface area contributed by atoms with Crippen molar-refractivity contribution in [1.29, 1.82) is 0 Å². The lowest BCUT2D eigenvalue weighted by molar-refractivity contribution is 0.112. The van der Waals surface area contributed by atoms with Gasteiger partial charge in [-0.2, -0.15) is 0 Å². The van der Waals surface area contributed by atoms with Crippen LogP contribution in [0.3, 0.4) is 0 Å². The molecule has 0 bridgehead atoms. The highest BCUT2D eigenvalue weighted by molar-refractivity contribution is 4.49. The smallest absolute Gasteiger partial charge is 0.0591 e. The van der Waals surface area contributed by atoms with Gasteiger partial charge in [0.05, 0.1) is 6.61 Å². The molecule has 0 radical (unpaired) electrons. The summed E-state index contributed by atoms with van der Waals surface area (Å²) < 4.78 is 5.44. The van der Waals surface area contributed by atoms with Gasteiger partial charge < -0.3 is 15.2 Å². The Morgan fingerprint density at radius 3 is 2.47 bits per heavy atom. The van der Waals surface area contributed by atoms with Crippen LogP contribution in [0.4, 0.5) is 0 Å². The maximum Gasteiger partial charge on any atom is 0.0591 e. The first-order valence-corrected chi connectivity index (χ1v) is 6.16. The summed E-state index contributed by atoms with van der Waals surface area (Å²) in [4.78, 5) is 0. The highest BCUT2D eigenvalue weighted by atomic mass is 16.5. The minimum atomic E-state index is 0.330. The second-order valence-corrected chi connectivity index (χ2v) is 4.36. The summed E-state index contributed by atoms with van der Waals surface area (Å²) in [6.45, 7) is 8.34. The molecule has 0 spiro atoms. The molecule has 92 valence electrons. The van der Waals surface area contributed by atoms with Gasteiger partial charge in [0.2, 0.25) is 0 Å². The number of hydrogen-bond acceptors (Lipinski definition) is 3. The topological polar surface area (TPSA) is 41.5 Å². The predicted octanol–water partition coefficient (Wildman–Crippen LogP) is 1.80. The van der Waals surface area contributed by atoms with Gasteiger partial charge in [-0.3, -0.25) is 0 Å². The monoisotopic (exact) mass is 217 g/mol. The molecule has 0 heterocycles. The van der Waals surface area contributed by atoms with E-state index in [1.54, 1.807) is 0 Å². The van der Waals surface area contributed by atoms with Gasteiger partial charge >= 0.3 is 0 Å². The van der Waals surface area contributed by atoms with Crippen molar-refractivity contribution in [2.24, 2.45) is 5.92 Å². The molecule has 0 aliphatic carbocycles. The van der Waals surface area contributed by atoms with E-state index in [2.05, 4.69) is 19.2 Å². The van der Waals surface area contributed by atoms with Gasteiger partial charge in [-0.25, -0.2) is 0 Å². The third-order valence-electron chi connectivity index (χ3n) is 2.14. The van der Waals surface area contributed by atoms with Crippen LogP contribution in [0.2, 0.25) is 0 Å². The van der Waals surface area contributed by atoms with E-state index < -0.39 is 0 Å². The normalized spacial score (nSPS) is 11.2. The molecule has 0 aliphatic heterocycles. The van der Waals surface area contributed by atoms with Gasteiger partial charge in [0.15, 0.2) is 0 Å². The average Bonchev–Trinajstić information content (AvgIpc) is 2.20. The molecule has 0 saturated heterocycles. The molecule has 3 nitrogen and oxygen atoms in total. The second-order valence-electron chi connectivity index (χ2n) is 4.36. The number of unbranched alkanes of at least 4 members (excludes halogenated alkanes) is 3. The maximum absolute atomic E-state index is 8.58. The highest BCUT2D eigenvalue weighted by Crippen LogP contribution is 1.97. The van der Waals surface area contributed by atoms with Crippen LogP contribution >= 0.6 is 0 Å². The van der Waals surface area contributed by atoms with E-state index >= 15 is 0 Å². The first kappa shape index (κ1) is 14.9. The number of nitrogens with one attached hydrogen (secondary N) is 1. The standard InChI is InChI=1S/C12H27NO2/c1-12(2)11-15-10-8-13-7-5-3-4-6-9-14/h12-14H,3-11H2,1-2H3. The molecular formula is C12H27NO2. The summed E-state index contributed by atoms with van der Waals surface area (Å²) in [6.07, 6.45) is 4.49. The van der Waals surface area contributed by atoms with E-state index in [1.165, 1.54) is 12.8 Å². The molecule has 0 rings (SSSR count). The van der Waals surface area contributed by atoms with Crippen LogP contribution in [0.5, 0.6) is 0 Å². The van der Waals surface area contributed by atoms with Crippen LogP contribution in [0, 0.1) is 5.92 Å². The number of rotatable bonds is 11. The summed E-state index contributed by atoms with van der Waals surface area (Å²) in [5, 5.41) is 11.9. The lowest BCUT2D eigenvalue weighted by Crippen LogP contribution is -2.21. The number of aliphatic hydroxyl groups is 1. The van der Waals surface area contributed by atoms with Gasteiger partial charge in [-0.15, -0.1) is 0 Å². The van der Waals surface area contributed by atoms with Gasteiger partial charge in [0, 0.05) is 19.8 Å². The van der Waals surface area contributed by atoms with Gasteiger partial charge in [0.25, 0.3) is 0 Å². The molecule has 0 aliphatic rings. The third-order valence-corrected chi connectivity index (χ3v) is 2.14. The summed E-state index contributed by atoms with van der Waals surface area (Å²) in [7, 11) is 0. The van der Waals surface area contributed by atoms with Crippen molar-refractivity contribution in [2.75, 3.05) is 32.9 Å². The fourth-order valence-corrected chi connectivity index (χ4v) is 1.30. The van der Waals surface area contributed by atoms with Crippen molar-refractivity contribution >= 4 is 0 Å². The quantitative estimate of drug-likeness (QED) is 0.519. The van der Waals surface area contributed by atoms with Crippen LogP contribution < -0.4 is 5.32 Å². The molecule has 0 aromatic rings. The predicted molar refractivity (Wildman–Crippen MR) is 64.1 cm³/mol. The van der Waals surface area contributed by atoms with E-state index in [-0.39, 0.29) is 0 Å². The molecule has 0 aromatic heterocycles. The molecule has 0 atom stereocenters. The molecule has 0 amide bonds. The fraction of sp³-hybridized carbons (Fsp3) is 1.00. The minimum absolute atomic E-state index is 0.330. The summed E-state index contributed by atoms with van der Waals surface area (Å²) in [5.74, 6) is 0.628. The van der Waals surface area contributed by atoms with Crippen LogP contribution in [-0.4, -0.2) is 38.0 Å². The Hall–Kier alpha value is -0.120. The molecule has 0 saturated carbocycles. The first-order valence-electron chi connectivity index (χ1n) is 6.16. The molecule has 15 heavy (non-hydrogen) atoms.